The number of carboxylic acids is 1. The van der Waals surface area contributed by atoms with Gasteiger partial charge in [0.1, 0.15) is 5.69 Å². The van der Waals surface area contributed by atoms with E-state index in [1.54, 1.807) is 37.5 Å². The highest BCUT2D eigenvalue weighted by atomic mass is 35.5. The highest BCUT2D eigenvalue weighted by Crippen LogP contribution is 2.25. The molecule has 2 aromatic rings. The average molecular weight is 336 g/mol. The molecule has 1 aromatic heterocycles. The molecule has 0 spiro atoms. The second-order valence-corrected chi connectivity index (χ2v) is 5.61. The fourth-order valence-electron chi connectivity index (χ4n) is 2.64. The van der Waals surface area contributed by atoms with Crippen molar-refractivity contribution in [2.24, 2.45) is 0 Å². The zero-order chi connectivity index (χ0) is 17.1. The number of ether oxygens (including phenoxy) is 1. The Morgan fingerprint density at radius 3 is 2.35 bits per heavy atom. The van der Waals surface area contributed by atoms with Crippen molar-refractivity contribution in [1.82, 2.24) is 4.57 Å². The molecule has 0 unspecified atom stereocenters. The van der Waals surface area contributed by atoms with E-state index in [0.717, 1.165) is 5.56 Å². The number of nitrogens with zero attached hydrogens (tertiary/aromatic N) is 1. The average Bonchev–Trinajstić information content (AvgIpc) is 2.72. The Hall–Kier alpha value is -2.27. The lowest BCUT2D eigenvalue weighted by molar-refractivity contribution is 0.0513. The van der Waals surface area contributed by atoms with Gasteiger partial charge < -0.3 is 14.4 Å². The fourth-order valence-corrected chi connectivity index (χ4v) is 2.77. The molecule has 1 aromatic carbocycles. The standard InChI is InChI=1S/C17H18ClNO4/c1-4-23-17(22)15-10(2)14(16(20)21)11(3)19(15)9-12-5-7-13(18)8-6-12/h5-8H,4,9H2,1-3H3,(H,20,21). The van der Waals surface area contributed by atoms with Crippen molar-refractivity contribution in [3.05, 3.63) is 57.4 Å². The van der Waals surface area contributed by atoms with Gasteiger partial charge in [-0.3, -0.25) is 0 Å². The SMILES string of the molecule is CCOC(=O)c1c(C)c(C(=O)O)c(C)n1Cc1ccc(Cl)cc1. The van der Waals surface area contributed by atoms with Crippen LogP contribution in [0.4, 0.5) is 0 Å². The van der Waals surface area contributed by atoms with Gasteiger partial charge in [0, 0.05) is 17.3 Å². The van der Waals surface area contributed by atoms with Crippen molar-refractivity contribution in [3.8, 4) is 0 Å². The van der Waals surface area contributed by atoms with Crippen LogP contribution >= 0.6 is 11.6 Å². The summed E-state index contributed by atoms with van der Waals surface area (Å²) in [5.41, 5.74) is 2.27. The second-order valence-electron chi connectivity index (χ2n) is 5.17. The summed E-state index contributed by atoms with van der Waals surface area (Å²) in [5.74, 6) is -1.57. The quantitative estimate of drug-likeness (QED) is 0.846. The molecule has 0 amide bonds. The van der Waals surface area contributed by atoms with E-state index in [0.29, 0.717) is 22.8 Å². The smallest absolute Gasteiger partial charge is 0.355 e. The maximum Gasteiger partial charge on any atom is 0.355 e. The van der Waals surface area contributed by atoms with Crippen LogP contribution in [0.1, 0.15) is 44.6 Å². The van der Waals surface area contributed by atoms with Gasteiger partial charge in [0.2, 0.25) is 0 Å². The lowest BCUT2D eigenvalue weighted by Gasteiger charge is -2.12. The summed E-state index contributed by atoms with van der Waals surface area (Å²) in [6.07, 6.45) is 0. The molecule has 0 radical (unpaired) electrons. The first kappa shape index (κ1) is 17.1. The molecule has 0 aliphatic carbocycles. The number of halogens is 1. The Bertz CT molecular complexity index is 747. The third-order valence-electron chi connectivity index (χ3n) is 3.70. The summed E-state index contributed by atoms with van der Waals surface area (Å²) < 4.78 is 6.76. The van der Waals surface area contributed by atoms with Crippen LogP contribution in [-0.2, 0) is 11.3 Å². The number of carboxylic acid groups (broad SMARTS) is 1. The maximum absolute atomic E-state index is 12.3. The molecule has 5 nitrogen and oxygen atoms in total. The van der Waals surface area contributed by atoms with Gasteiger partial charge in [-0.15, -0.1) is 0 Å². The van der Waals surface area contributed by atoms with Crippen LogP contribution in [0.2, 0.25) is 5.02 Å². The zero-order valence-electron chi connectivity index (χ0n) is 13.2. The predicted molar refractivity (Wildman–Crippen MR) is 87.4 cm³/mol. The Morgan fingerprint density at radius 1 is 1.22 bits per heavy atom. The van der Waals surface area contributed by atoms with E-state index in [9.17, 15) is 14.7 Å². The predicted octanol–water partition coefficient (Wildman–Crippen LogP) is 3.68. The third kappa shape index (κ3) is 3.40. The molecule has 0 fully saturated rings. The molecule has 23 heavy (non-hydrogen) atoms. The fraction of sp³-hybridized carbons (Fsp3) is 0.294. The van der Waals surface area contributed by atoms with Gasteiger partial charge in [0.05, 0.1) is 12.2 Å². The minimum absolute atomic E-state index is 0.141. The summed E-state index contributed by atoms with van der Waals surface area (Å²) in [7, 11) is 0. The Morgan fingerprint density at radius 2 is 1.83 bits per heavy atom. The molecule has 2 rings (SSSR count). The van der Waals surface area contributed by atoms with Gasteiger partial charge in [-0.1, -0.05) is 23.7 Å². The zero-order valence-corrected chi connectivity index (χ0v) is 14.0. The molecule has 0 saturated carbocycles. The first-order chi connectivity index (χ1) is 10.9. The number of hydrogen-bond donors (Lipinski definition) is 1. The number of carbonyl (C=O) groups is 2. The van der Waals surface area contributed by atoms with Crippen LogP contribution in [0.5, 0.6) is 0 Å². The second kappa shape index (κ2) is 6.87. The molecule has 0 saturated heterocycles. The lowest BCUT2D eigenvalue weighted by Crippen LogP contribution is -2.15. The monoisotopic (exact) mass is 335 g/mol. The lowest BCUT2D eigenvalue weighted by atomic mass is 10.1. The van der Waals surface area contributed by atoms with Gasteiger partial charge in [0.15, 0.2) is 0 Å². The van der Waals surface area contributed by atoms with Crippen molar-refractivity contribution in [3.63, 3.8) is 0 Å². The van der Waals surface area contributed by atoms with E-state index in [2.05, 4.69) is 0 Å². The van der Waals surface area contributed by atoms with Gasteiger partial charge in [-0.25, -0.2) is 9.59 Å². The van der Waals surface area contributed by atoms with Crippen molar-refractivity contribution < 1.29 is 19.4 Å². The van der Waals surface area contributed by atoms with Crippen LogP contribution in [0.3, 0.4) is 0 Å². The first-order valence-electron chi connectivity index (χ1n) is 7.21. The summed E-state index contributed by atoms with van der Waals surface area (Å²) in [6, 6.07) is 7.19. The van der Waals surface area contributed by atoms with Crippen LogP contribution in [0, 0.1) is 13.8 Å². The van der Waals surface area contributed by atoms with E-state index < -0.39 is 11.9 Å². The van der Waals surface area contributed by atoms with E-state index >= 15 is 0 Å². The molecule has 0 aliphatic rings. The molecule has 0 atom stereocenters. The van der Waals surface area contributed by atoms with E-state index in [1.807, 2.05) is 12.1 Å². The number of esters is 1. The maximum atomic E-state index is 12.3. The number of aromatic nitrogens is 1. The number of aromatic carboxylic acids is 1. The van der Waals surface area contributed by atoms with Crippen molar-refractivity contribution in [2.45, 2.75) is 27.3 Å². The van der Waals surface area contributed by atoms with Crippen LogP contribution in [0.15, 0.2) is 24.3 Å². The summed E-state index contributed by atoms with van der Waals surface area (Å²) in [5, 5.41) is 10.0. The number of carbonyl (C=O) groups excluding carboxylic acids is 1. The number of rotatable bonds is 5. The Labute approximate surface area is 139 Å². The van der Waals surface area contributed by atoms with E-state index in [4.69, 9.17) is 16.3 Å². The van der Waals surface area contributed by atoms with Crippen LogP contribution in [0.25, 0.3) is 0 Å². The van der Waals surface area contributed by atoms with Gasteiger partial charge >= 0.3 is 11.9 Å². The first-order valence-corrected chi connectivity index (χ1v) is 7.59. The van der Waals surface area contributed by atoms with Gasteiger partial charge in [0.25, 0.3) is 0 Å². The Kier molecular flexibility index (Phi) is 5.11. The molecule has 1 heterocycles. The summed E-state index contributed by atoms with van der Waals surface area (Å²) in [4.78, 5) is 23.8. The van der Waals surface area contributed by atoms with E-state index in [1.165, 1.54) is 0 Å². The molecule has 6 heteroatoms. The molecule has 1 N–H and O–H groups in total. The Balaban J connectivity index is 2.55. The van der Waals surface area contributed by atoms with Gasteiger partial charge in [-0.05, 0) is 44.0 Å². The molecular formula is C17H18ClNO4. The molecule has 0 aliphatic heterocycles. The molecular weight excluding hydrogens is 318 g/mol. The van der Waals surface area contributed by atoms with Gasteiger partial charge in [-0.2, -0.15) is 0 Å². The molecule has 122 valence electrons. The van der Waals surface area contributed by atoms with Crippen molar-refractivity contribution >= 4 is 23.5 Å². The molecule has 0 bridgehead atoms. The van der Waals surface area contributed by atoms with Crippen LogP contribution in [-0.4, -0.2) is 28.2 Å². The summed E-state index contributed by atoms with van der Waals surface area (Å²) >= 11 is 5.88. The third-order valence-corrected chi connectivity index (χ3v) is 3.96. The highest BCUT2D eigenvalue weighted by Gasteiger charge is 2.26. The van der Waals surface area contributed by atoms with Crippen molar-refractivity contribution in [2.75, 3.05) is 6.61 Å². The minimum Gasteiger partial charge on any atom is -0.478 e. The van der Waals surface area contributed by atoms with E-state index in [-0.39, 0.29) is 17.9 Å². The van der Waals surface area contributed by atoms with Crippen molar-refractivity contribution in [1.29, 1.82) is 0 Å². The number of benzene rings is 1. The number of hydrogen-bond acceptors (Lipinski definition) is 3. The summed E-state index contributed by atoms with van der Waals surface area (Å²) in [6.45, 7) is 5.62. The topological polar surface area (TPSA) is 68.5 Å². The minimum atomic E-state index is -1.06. The normalized spacial score (nSPS) is 10.6. The largest absolute Gasteiger partial charge is 0.478 e. The highest BCUT2D eigenvalue weighted by molar-refractivity contribution is 6.30. The van der Waals surface area contributed by atoms with Crippen LogP contribution < -0.4 is 0 Å².